The summed E-state index contributed by atoms with van der Waals surface area (Å²) in [6.07, 6.45) is 4.66. The lowest BCUT2D eigenvalue weighted by Gasteiger charge is -2.29. The molecule has 0 aliphatic heterocycles. The Kier molecular flexibility index (Phi) is 4.23. The Morgan fingerprint density at radius 2 is 1.75 bits per heavy atom. The third-order valence-electron chi connectivity index (χ3n) is 3.87. The van der Waals surface area contributed by atoms with Crippen molar-refractivity contribution in [3.05, 3.63) is 42.0 Å². The highest BCUT2D eigenvalue weighted by atomic mass is 16.4. The molecule has 4 nitrogen and oxygen atoms in total. The average Bonchev–Trinajstić information content (AvgIpc) is 2.46. The summed E-state index contributed by atoms with van der Waals surface area (Å²) in [7, 11) is 1.71. The number of carboxylic acid groups (broad SMARTS) is 1. The molecule has 1 aliphatic rings. The summed E-state index contributed by atoms with van der Waals surface area (Å²) in [5, 5.41) is 9.26. The number of anilines is 1. The Hall–Kier alpha value is -2.10. The van der Waals surface area contributed by atoms with Crippen molar-refractivity contribution >= 4 is 17.6 Å². The van der Waals surface area contributed by atoms with Gasteiger partial charge in [-0.3, -0.25) is 9.59 Å². The molecule has 1 aromatic rings. The lowest BCUT2D eigenvalue weighted by atomic mass is 9.82. The first kappa shape index (κ1) is 14.3. The second-order valence-electron chi connectivity index (χ2n) is 5.18. The summed E-state index contributed by atoms with van der Waals surface area (Å²) in [5.41, 5.74) is 1.83. The van der Waals surface area contributed by atoms with Crippen LogP contribution in [-0.4, -0.2) is 24.0 Å². The number of rotatable bonds is 3. The zero-order chi connectivity index (χ0) is 14.7. The van der Waals surface area contributed by atoms with E-state index in [1.165, 1.54) is 0 Å². The van der Waals surface area contributed by atoms with Crippen molar-refractivity contribution in [3.8, 4) is 0 Å². The molecule has 0 heterocycles. The average molecular weight is 273 g/mol. The molecule has 0 saturated heterocycles. The second-order valence-corrected chi connectivity index (χ2v) is 5.18. The Labute approximate surface area is 118 Å². The number of carbonyl (C=O) groups excluding carboxylic acids is 1. The number of allylic oxidation sites excluding steroid dienone is 2. The van der Waals surface area contributed by atoms with Crippen LogP contribution >= 0.6 is 0 Å². The number of nitrogens with zero attached hydrogens (tertiary/aromatic N) is 1. The van der Waals surface area contributed by atoms with E-state index in [1.54, 1.807) is 11.9 Å². The Morgan fingerprint density at radius 1 is 1.15 bits per heavy atom. The minimum absolute atomic E-state index is 0.129. The van der Waals surface area contributed by atoms with E-state index in [0.717, 1.165) is 11.3 Å². The first-order valence-corrected chi connectivity index (χ1v) is 6.73. The molecule has 0 spiro atoms. The number of aliphatic carboxylic acids is 1. The van der Waals surface area contributed by atoms with Gasteiger partial charge >= 0.3 is 5.97 Å². The predicted molar refractivity (Wildman–Crippen MR) is 77.6 cm³/mol. The molecule has 1 aromatic carbocycles. The standard InChI is InChI=1S/C16H19NO3/c1-11-7-3-6-10-14(11)17(2)15(18)12-8-4-5-9-13(12)16(19)20/h3-7,10,12-13H,8-9H2,1-2H3,(H,19,20)/t12-,13+/m1/s1. The van der Waals surface area contributed by atoms with E-state index in [1.807, 2.05) is 43.3 Å². The number of para-hydroxylation sites is 1. The van der Waals surface area contributed by atoms with Gasteiger partial charge in [-0.15, -0.1) is 0 Å². The van der Waals surface area contributed by atoms with E-state index in [-0.39, 0.29) is 5.91 Å². The monoisotopic (exact) mass is 273 g/mol. The summed E-state index contributed by atoms with van der Waals surface area (Å²) < 4.78 is 0. The fraction of sp³-hybridized carbons (Fsp3) is 0.375. The normalized spacial score (nSPS) is 21.5. The van der Waals surface area contributed by atoms with Gasteiger partial charge in [0, 0.05) is 12.7 Å². The Bertz CT molecular complexity index is 550. The van der Waals surface area contributed by atoms with Crippen LogP contribution in [0, 0.1) is 18.8 Å². The number of amides is 1. The van der Waals surface area contributed by atoms with Crippen LogP contribution < -0.4 is 4.90 Å². The van der Waals surface area contributed by atoms with Crippen LogP contribution in [0.1, 0.15) is 18.4 Å². The van der Waals surface area contributed by atoms with Gasteiger partial charge < -0.3 is 10.0 Å². The maximum absolute atomic E-state index is 12.6. The molecule has 0 aromatic heterocycles. The maximum Gasteiger partial charge on any atom is 0.307 e. The van der Waals surface area contributed by atoms with Crippen molar-refractivity contribution in [2.75, 3.05) is 11.9 Å². The van der Waals surface area contributed by atoms with E-state index >= 15 is 0 Å². The van der Waals surface area contributed by atoms with Crippen molar-refractivity contribution in [2.45, 2.75) is 19.8 Å². The molecule has 2 rings (SSSR count). The Morgan fingerprint density at radius 3 is 2.35 bits per heavy atom. The maximum atomic E-state index is 12.6. The molecule has 106 valence electrons. The smallest absolute Gasteiger partial charge is 0.307 e. The van der Waals surface area contributed by atoms with Crippen LogP contribution in [0.15, 0.2) is 36.4 Å². The van der Waals surface area contributed by atoms with E-state index < -0.39 is 17.8 Å². The lowest BCUT2D eigenvalue weighted by molar-refractivity contribution is -0.146. The summed E-state index contributed by atoms with van der Waals surface area (Å²) in [4.78, 5) is 25.5. The van der Waals surface area contributed by atoms with Gasteiger partial charge in [0.2, 0.25) is 5.91 Å². The third kappa shape index (κ3) is 2.74. The number of hydrogen-bond donors (Lipinski definition) is 1. The fourth-order valence-electron chi connectivity index (χ4n) is 2.67. The molecule has 0 unspecified atom stereocenters. The highest BCUT2D eigenvalue weighted by molar-refractivity contribution is 5.97. The molecule has 0 saturated carbocycles. The molecule has 4 heteroatoms. The molecular weight excluding hydrogens is 254 g/mol. The second kappa shape index (κ2) is 5.90. The van der Waals surface area contributed by atoms with Gasteiger partial charge in [-0.2, -0.15) is 0 Å². The third-order valence-corrected chi connectivity index (χ3v) is 3.87. The van der Waals surface area contributed by atoms with Gasteiger partial charge in [-0.05, 0) is 31.4 Å². The minimum Gasteiger partial charge on any atom is -0.481 e. The SMILES string of the molecule is Cc1ccccc1N(C)C(=O)[C@@H]1CC=CC[C@@H]1C(=O)O. The number of aryl methyl sites for hydroxylation is 1. The van der Waals surface area contributed by atoms with E-state index in [0.29, 0.717) is 12.8 Å². The van der Waals surface area contributed by atoms with Crippen LogP contribution in [0.25, 0.3) is 0 Å². The predicted octanol–water partition coefficient (Wildman–Crippen LogP) is 2.62. The summed E-state index contributed by atoms with van der Waals surface area (Å²) >= 11 is 0. The molecule has 1 N–H and O–H groups in total. The highest BCUT2D eigenvalue weighted by Gasteiger charge is 2.35. The van der Waals surface area contributed by atoms with Crippen molar-refractivity contribution in [2.24, 2.45) is 11.8 Å². The molecule has 1 amide bonds. The molecular formula is C16H19NO3. The van der Waals surface area contributed by atoms with Gasteiger partial charge in [0.1, 0.15) is 0 Å². The number of carbonyl (C=O) groups is 2. The van der Waals surface area contributed by atoms with Crippen LogP contribution in [0.2, 0.25) is 0 Å². The number of benzene rings is 1. The lowest BCUT2D eigenvalue weighted by Crippen LogP contribution is -2.40. The first-order valence-electron chi connectivity index (χ1n) is 6.73. The van der Waals surface area contributed by atoms with Gasteiger partial charge in [-0.1, -0.05) is 30.4 Å². The van der Waals surface area contributed by atoms with Crippen LogP contribution in [0.3, 0.4) is 0 Å². The minimum atomic E-state index is -0.897. The number of hydrogen-bond acceptors (Lipinski definition) is 2. The van der Waals surface area contributed by atoms with Crippen LogP contribution in [0.4, 0.5) is 5.69 Å². The zero-order valence-corrected chi connectivity index (χ0v) is 11.7. The van der Waals surface area contributed by atoms with E-state index in [9.17, 15) is 14.7 Å². The van der Waals surface area contributed by atoms with Gasteiger partial charge in [0.15, 0.2) is 0 Å². The first-order chi connectivity index (χ1) is 9.52. The van der Waals surface area contributed by atoms with Crippen molar-refractivity contribution in [1.82, 2.24) is 0 Å². The molecule has 20 heavy (non-hydrogen) atoms. The number of carboxylic acids is 1. The largest absolute Gasteiger partial charge is 0.481 e. The van der Waals surface area contributed by atoms with Crippen molar-refractivity contribution in [3.63, 3.8) is 0 Å². The van der Waals surface area contributed by atoms with E-state index in [2.05, 4.69) is 0 Å². The van der Waals surface area contributed by atoms with Crippen molar-refractivity contribution < 1.29 is 14.7 Å². The molecule has 0 radical (unpaired) electrons. The van der Waals surface area contributed by atoms with Crippen molar-refractivity contribution in [1.29, 1.82) is 0 Å². The van der Waals surface area contributed by atoms with E-state index in [4.69, 9.17) is 0 Å². The molecule has 2 atom stereocenters. The van der Waals surface area contributed by atoms with Gasteiger partial charge in [0.05, 0.1) is 11.8 Å². The summed E-state index contributed by atoms with van der Waals surface area (Å²) in [6, 6.07) is 7.61. The molecule has 0 bridgehead atoms. The molecule has 0 fully saturated rings. The van der Waals surface area contributed by atoms with Crippen LogP contribution in [-0.2, 0) is 9.59 Å². The quantitative estimate of drug-likeness (QED) is 0.861. The topological polar surface area (TPSA) is 57.6 Å². The van der Waals surface area contributed by atoms with Crippen LogP contribution in [0.5, 0.6) is 0 Å². The van der Waals surface area contributed by atoms with Gasteiger partial charge in [0.25, 0.3) is 0 Å². The summed E-state index contributed by atoms with van der Waals surface area (Å²) in [5.74, 6) is -2.14. The van der Waals surface area contributed by atoms with Gasteiger partial charge in [-0.25, -0.2) is 0 Å². The highest BCUT2D eigenvalue weighted by Crippen LogP contribution is 2.29. The Balaban J connectivity index is 2.24. The fourth-order valence-corrected chi connectivity index (χ4v) is 2.67. The molecule has 1 aliphatic carbocycles. The summed E-state index contributed by atoms with van der Waals surface area (Å²) in [6.45, 7) is 1.94. The zero-order valence-electron chi connectivity index (χ0n) is 11.7.